The van der Waals surface area contributed by atoms with Gasteiger partial charge >= 0.3 is 0 Å². The van der Waals surface area contributed by atoms with E-state index in [-0.39, 0.29) is 12.0 Å². The molecule has 11 heavy (non-hydrogen) atoms. The lowest BCUT2D eigenvalue weighted by molar-refractivity contribution is -0.109. The van der Waals surface area contributed by atoms with Crippen LogP contribution in [0.3, 0.4) is 0 Å². The Labute approximate surface area is 67.8 Å². The van der Waals surface area contributed by atoms with Crippen molar-refractivity contribution in [1.82, 2.24) is 5.32 Å². The van der Waals surface area contributed by atoms with Crippen LogP contribution < -0.4 is 5.32 Å². The predicted octanol–water partition coefficient (Wildman–Crippen LogP) is 0.531. The third-order valence-electron chi connectivity index (χ3n) is 1.69. The highest BCUT2D eigenvalue weighted by atomic mass is 16.3. The minimum atomic E-state index is -0.00936. The molecule has 2 N–H and O–H groups in total. The van der Waals surface area contributed by atoms with E-state index in [0.29, 0.717) is 13.0 Å². The molecule has 0 rings (SSSR count). The minimum Gasteiger partial charge on any atom is -0.396 e. The molecule has 0 saturated carbocycles. The highest BCUT2D eigenvalue weighted by molar-refractivity contribution is 5.45. The predicted molar refractivity (Wildman–Crippen MR) is 44.2 cm³/mol. The second-order valence-corrected chi connectivity index (χ2v) is 3.50. The van der Waals surface area contributed by atoms with Gasteiger partial charge in [-0.05, 0) is 18.3 Å². The Morgan fingerprint density at radius 1 is 1.55 bits per heavy atom. The number of rotatable bonds is 6. The normalized spacial score (nSPS) is 11.2. The highest BCUT2D eigenvalue weighted by Crippen LogP contribution is 2.20. The molecule has 1 amide bonds. The molecule has 3 nitrogen and oxygen atoms in total. The molecule has 3 heteroatoms. The smallest absolute Gasteiger partial charge is 0.207 e. The van der Waals surface area contributed by atoms with Gasteiger partial charge in [0.15, 0.2) is 0 Å². The van der Waals surface area contributed by atoms with E-state index in [0.717, 1.165) is 12.8 Å². The molecule has 0 bridgehead atoms. The molecule has 0 aliphatic heterocycles. The summed E-state index contributed by atoms with van der Waals surface area (Å²) in [5.74, 6) is 0. The Morgan fingerprint density at radius 3 is 2.64 bits per heavy atom. The number of carbonyl (C=O) groups is 1. The summed E-state index contributed by atoms with van der Waals surface area (Å²) < 4.78 is 0. The molecule has 0 aromatic carbocycles. The van der Waals surface area contributed by atoms with Gasteiger partial charge in [0.05, 0.1) is 0 Å². The van der Waals surface area contributed by atoms with Crippen LogP contribution in [0.2, 0.25) is 0 Å². The zero-order valence-corrected chi connectivity index (χ0v) is 7.26. The zero-order chi connectivity index (χ0) is 8.74. The SMILES string of the molecule is CC(C)(CO)CCCNC=O. The van der Waals surface area contributed by atoms with E-state index >= 15 is 0 Å². The first-order chi connectivity index (χ1) is 5.12. The van der Waals surface area contributed by atoms with E-state index in [9.17, 15) is 4.79 Å². The van der Waals surface area contributed by atoms with Crippen molar-refractivity contribution in [2.45, 2.75) is 26.7 Å². The van der Waals surface area contributed by atoms with Crippen molar-refractivity contribution in [3.05, 3.63) is 0 Å². The monoisotopic (exact) mass is 159 g/mol. The van der Waals surface area contributed by atoms with E-state index < -0.39 is 0 Å². The number of amides is 1. The standard InChI is InChI=1S/C8H17NO2/c1-8(2,6-10)4-3-5-9-7-11/h7,10H,3-6H2,1-2H3,(H,9,11). The van der Waals surface area contributed by atoms with Crippen LogP contribution in [-0.4, -0.2) is 24.7 Å². The van der Waals surface area contributed by atoms with Gasteiger partial charge in [0.25, 0.3) is 0 Å². The molecule has 0 aromatic rings. The summed E-state index contributed by atoms with van der Waals surface area (Å²) in [6, 6.07) is 0. The number of nitrogens with one attached hydrogen (secondary N) is 1. The van der Waals surface area contributed by atoms with Crippen molar-refractivity contribution >= 4 is 6.41 Å². The lowest BCUT2D eigenvalue weighted by Crippen LogP contribution is -2.20. The van der Waals surface area contributed by atoms with Crippen LogP contribution in [0.5, 0.6) is 0 Å². The van der Waals surface area contributed by atoms with Gasteiger partial charge in [0.1, 0.15) is 0 Å². The maximum absolute atomic E-state index is 9.84. The summed E-state index contributed by atoms with van der Waals surface area (Å²) in [5, 5.41) is 11.4. The lowest BCUT2D eigenvalue weighted by Gasteiger charge is -2.20. The van der Waals surface area contributed by atoms with Gasteiger partial charge in [0, 0.05) is 13.2 Å². The Balaban J connectivity index is 3.29. The summed E-state index contributed by atoms with van der Waals surface area (Å²) in [5.41, 5.74) is -0.00936. The fourth-order valence-electron chi connectivity index (χ4n) is 0.807. The first-order valence-corrected chi connectivity index (χ1v) is 3.90. The fourth-order valence-corrected chi connectivity index (χ4v) is 0.807. The maximum Gasteiger partial charge on any atom is 0.207 e. The molecule has 0 radical (unpaired) electrons. The van der Waals surface area contributed by atoms with Crippen LogP contribution in [0.4, 0.5) is 0 Å². The molecule has 0 aromatic heterocycles. The molecule has 0 spiro atoms. The van der Waals surface area contributed by atoms with Gasteiger partial charge in [0.2, 0.25) is 6.41 Å². The van der Waals surface area contributed by atoms with Crippen molar-refractivity contribution in [3.63, 3.8) is 0 Å². The molecular formula is C8H17NO2. The van der Waals surface area contributed by atoms with Crippen molar-refractivity contribution in [2.24, 2.45) is 5.41 Å². The van der Waals surface area contributed by atoms with Crippen LogP contribution in [0.15, 0.2) is 0 Å². The highest BCUT2D eigenvalue weighted by Gasteiger charge is 2.14. The topological polar surface area (TPSA) is 49.3 Å². The summed E-state index contributed by atoms with van der Waals surface area (Å²) in [6.07, 6.45) is 2.56. The molecular weight excluding hydrogens is 142 g/mol. The third kappa shape index (κ3) is 5.85. The molecule has 0 unspecified atom stereocenters. The Kier molecular flexibility index (Phi) is 4.86. The first-order valence-electron chi connectivity index (χ1n) is 3.90. The number of hydrogen-bond donors (Lipinski definition) is 2. The Hall–Kier alpha value is -0.570. The lowest BCUT2D eigenvalue weighted by atomic mass is 9.89. The number of carbonyl (C=O) groups excluding carboxylic acids is 1. The molecule has 0 saturated heterocycles. The van der Waals surface area contributed by atoms with Crippen LogP contribution in [0.1, 0.15) is 26.7 Å². The second-order valence-electron chi connectivity index (χ2n) is 3.50. The minimum absolute atomic E-state index is 0.00936. The first kappa shape index (κ1) is 10.4. The van der Waals surface area contributed by atoms with E-state index in [1.807, 2.05) is 13.8 Å². The molecule has 66 valence electrons. The van der Waals surface area contributed by atoms with Gasteiger partial charge in [-0.3, -0.25) is 4.79 Å². The van der Waals surface area contributed by atoms with Gasteiger partial charge in [-0.15, -0.1) is 0 Å². The van der Waals surface area contributed by atoms with E-state index in [1.54, 1.807) is 0 Å². The molecule has 0 fully saturated rings. The van der Waals surface area contributed by atoms with E-state index in [2.05, 4.69) is 5.32 Å². The second kappa shape index (κ2) is 5.13. The van der Waals surface area contributed by atoms with E-state index in [4.69, 9.17) is 5.11 Å². The Morgan fingerprint density at radius 2 is 2.18 bits per heavy atom. The van der Waals surface area contributed by atoms with E-state index in [1.165, 1.54) is 0 Å². The van der Waals surface area contributed by atoms with Gasteiger partial charge in [-0.25, -0.2) is 0 Å². The maximum atomic E-state index is 9.84. The van der Waals surface area contributed by atoms with Crippen LogP contribution >= 0.6 is 0 Å². The third-order valence-corrected chi connectivity index (χ3v) is 1.69. The van der Waals surface area contributed by atoms with Crippen LogP contribution in [0.25, 0.3) is 0 Å². The number of aliphatic hydroxyl groups is 1. The number of aliphatic hydroxyl groups excluding tert-OH is 1. The molecule has 0 heterocycles. The molecule has 0 atom stereocenters. The van der Waals surface area contributed by atoms with Crippen LogP contribution in [0, 0.1) is 5.41 Å². The van der Waals surface area contributed by atoms with Crippen molar-refractivity contribution in [3.8, 4) is 0 Å². The quantitative estimate of drug-likeness (QED) is 0.439. The van der Waals surface area contributed by atoms with Gasteiger partial charge in [-0.2, -0.15) is 0 Å². The van der Waals surface area contributed by atoms with Crippen molar-refractivity contribution < 1.29 is 9.90 Å². The van der Waals surface area contributed by atoms with Crippen molar-refractivity contribution in [2.75, 3.05) is 13.2 Å². The summed E-state index contributed by atoms with van der Waals surface area (Å²) >= 11 is 0. The van der Waals surface area contributed by atoms with Crippen molar-refractivity contribution in [1.29, 1.82) is 0 Å². The average Bonchev–Trinajstić information content (AvgIpc) is 1.99. The van der Waals surface area contributed by atoms with Crippen LogP contribution in [-0.2, 0) is 4.79 Å². The summed E-state index contributed by atoms with van der Waals surface area (Å²) in [7, 11) is 0. The zero-order valence-electron chi connectivity index (χ0n) is 7.26. The summed E-state index contributed by atoms with van der Waals surface area (Å²) in [6.45, 7) is 4.92. The van der Waals surface area contributed by atoms with Gasteiger partial charge in [-0.1, -0.05) is 13.8 Å². The largest absolute Gasteiger partial charge is 0.396 e. The number of hydrogen-bond acceptors (Lipinski definition) is 2. The Bertz CT molecular complexity index is 113. The van der Waals surface area contributed by atoms with Gasteiger partial charge < -0.3 is 10.4 Å². The average molecular weight is 159 g/mol. The fraction of sp³-hybridized carbons (Fsp3) is 0.875. The summed E-state index contributed by atoms with van der Waals surface area (Å²) in [4.78, 5) is 9.84. The molecule has 0 aliphatic carbocycles. The molecule has 0 aliphatic rings.